The van der Waals surface area contributed by atoms with E-state index in [1.807, 2.05) is 6.20 Å². The first kappa shape index (κ1) is 37.6. The number of para-hydroxylation sites is 4. The van der Waals surface area contributed by atoms with Gasteiger partial charge >= 0.3 is 0 Å². The molecule has 3 aliphatic carbocycles. The Morgan fingerprint density at radius 1 is 0.310 bits per heavy atom. The molecule has 5 heteroatoms. The predicted molar refractivity (Wildman–Crippen MR) is 284 cm³/mol. The number of hydrogen-bond acceptors (Lipinski definition) is 3. The highest BCUT2D eigenvalue weighted by Crippen LogP contribution is 2.67. The number of aromatic nitrogens is 4. The van der Waals surface area contributed by atoms with E-state index in [1.54, 1.807) is 0 Å². The van der Waals surface area contributed by atoms with Crippen LogP contribution in [0.25, 0.3) is 88.6 Å². The molecule has 1 aliphatic heterocycles. The SMILES string of the molecule is c1ccc(-n2c3ccccc3c3cc4c5ccccc5n(-c5cnc6c(c5)C5(c7ccccc7Oc7cc8c(cc75)-c5ccccc5C85c7ccccc7-c7ccccc75)c5cccnc5-6)c4cc32)cc1. The molecule has 0 saturated carbocycles. The first-order valence-electron chi connectivity index (χ1n) is 24.5. The molecule has 71 heavy (non-hydrogen) atoms. The van der Waals surface area contributed by atoms with Crippen LogP contribution in [0, 0.1) is 0 Å². The number of ether oxygens (including phenoxy) is 1. The molecule has 17 rings (SSSR count). The molecule has 9 aromatic carbocycles. The van der Waals surface area contributed by atoms with Crippen LogP contribution >= 0.6 is 0 Å². The van der Waals surface area contributed by atoms with E-state index in [-0.39, 0.29) is 0 Å². The van der Waals surface area contributed by atoms with Gasteiger partial charge in [-0.3, -0.25) is 9.97 Å². The third kappa shape index (κ3) is 4.45. The van der Waals surface area contributed by atoms with Crippen LogP contribution in [0.15, 0.2) is 231 Å². The van der Waals surface area contributed by atoms with Crippen molar-refractivity contribution in [3.63, 3.8) is 0 Å². The molecular formula is C66H38N4O. The van der Waals surface area contributed by atoms with E-state index < -0.39 is 10.8 Å². The van der Waals surface area contributed by atoms with E-state index in [0.717, 1.165) is 73.1 Å². The van der Waals surface area contributed by atoms with Crippen LogP contribution < -0.4 is 4.74 Å². The van der Waals surface area contributed by atoms with Gasteiger partial charge in [0, 0.05) is 50.1 Å². The summed E-state index contributed by atoms with van der Waals surface area (Å²) in [5.41, 5.74) is 21.7. The van der Waals surface area contributed by atoms with Crippen molar-refractivity contribution in [2.45, 2.75) is 10.8 Å². The van der Waals surface area contributed by atoms with Crippen LogP contribution in [-0.4, -0.2) is 19.1 Å². The third-order valence-corrected chi connectivity index (χ3v) is 16.5. The van der Waals surface area contributed by atoms with Crippen LogP contribution in [0.4, 0.5) is 0 Å². The molecule has 328 valence electrons. The molecular weight excluding hydrogens is 865 g/mol. The quantitative estimate of drug-likeness (QED) is 0.174. The van der Waals surface area contributed by atoms with Gasteiger partial charge < -0.3 is 13.9 Å². The molecule has 4 aliphatic rings. The van der Waals surface area contributed by atoms with Crippen molar-refractivity contribution >= 4 is 43.6 Å². The number of pyridine rings is 2. The van der Waals surface area contributed by atoms with Crippen LogP contribution in [0.2, 0.25) is 0 Å². The van der Waals surface area contributed by atoms with Gasteiger partial charge in [-0.1, -0.05) is 152 Å². The van der Waals surface area contributed by atoms with Gasteiger partial charge in [0.25, 0.3) is 0 Å². The topological polar surface area (TPSA) is 44.9 Å². The first-order chi connectivity index (χ1) is 35.2. The summed E-state index contributed by atoms with van der Waals surface area (Å²) in [6.45, 7) is 0. The van der Waals surface area contributed by atoms with Crippen molar-refractivity contribution in [3.05, 3.63) is 275 Å². The number of fused-ring (bicyclic) bond motifs is 25. The lowest BCUT2D eigenvalue weighted by Gasteiger charge is -2.40. The molecule has 0 bridgehead atoms. The summed E-state index contributed by atoms with van der Waals surface area (Å²) < 4.78 is 12.1. The van der Waals surface area contributed by atoms with E-state index in [4.69, 9.17) is 14.7 Å². The van der Waals surface area contributed by atoms with Gasteiger partial charge in [-0.25, -0.2) is 0 Å². The van der Waals surface area contributed by atoms with Crippen LogP contribution in [-0.2, 0) is 10.8 Å². The molecule has 0 saturated heterocycles. The molecule has 0 radical (unpaired) electrons. The maximum Gasteiger partial charge on any atom is 0.132 e. The summed E-state index contributed by atoms with van der Waals surface area (Å²) in [6, 6.07) is 80.4. The minimum absolute atomic E-state index is 0.516. The van der Waals surface area contributed by atoms with Crippen LogP contribution in [0.5, 0.6) is 11.5 Å². The lowest BCUT2D eigenvalue weighted by atomic mass is 9.65. The molecule has 0 N–H and O–H groups in total. The molecule has 0 fully saturated rings. The Labute approximate surface area is 408 Å². The molecule has 5 nitrogen and oxygen atoms in total. The summed E-state index contributed by atoms with van der Waals surface area (Å²) >= 11 is 0. The fourth-order valence-corrected chi connectivity index (χ4v) is 13.9. The van der Waals surface area contributed by atoms with Crippen molar-refractivity contribution < 1.29 is 4.74 Å². The summed E-state index contributed by atoms with van der Waals surface area (Å²) in [6.07, 6.45) is 3.97. The van der Waals surface area contributed by atoms with Crippen molar-refractivity contribution in [1.82, 2.24) is 19.1 Å². The second-order valence-corrected chi connectivity index (χ2v) is 19.5. The Morgan fingerprint density at radius 2 is 0.845 bits per heavy atom. The first-order valence-corrected chi connectivity index (χ1v) is 24.5. The van der Waals surface area contributed by atoms with Gasteiger partial charge in [0.1, 0.15) is 11.5 Å². The molecule has 13 aromatic rings. The Bertz CT molecular complexity index is 4480. The third-order valence-electron chi connectivity index (χ3n) is 16.5. The molecule has 5 heterocycles. The predicted octanol–water partition coefficient (Wildman–Crippen LogP) is 15.5. The zero-order chi connectivity index (χ0) is 46.2. The van der Waals surface area contributed by atoms with Crippen molar-refractivity contribution in [2.24, 2.45) is 0 Å². The Morgan fingerprint density at radius 3 is 1.54 bits per heavy atom. The van der Waals surface area contributed by atoms with Crippen LogP contribution in [0.3, 0.4) is 0 Å². The van der Waals surface area contributed by atoms with E-state index in [2.05, 4.69) is 234 Å². The van der Waals surface area contributed by atoms with Crippen LogP contribution in [0.1, 0.15) is 44.5 Å². The normalized spacial score (nSPS) is 15.9. The molecule has 2 spiro atoms. The van der Waals surface area contributed by atoms with E-state index >= 15 is 0 Å². The fourth-order valence-electron chi connectivity index (χ4n) is 13.9. The standard InChI is InChI=1S/C66H38N4O/c1-2-17-39(18-3-1)69-57-29-13-7-22-44(57)47-34-48-45-23-8-14-30-58(45)70(60(48)37-59(47)69)40-33-56-64(68-38-40)63-53(28-16-32-67-63)66(56)52-27-12-15-31-61(52)71-62-36-54-46(35-55(62)66)43-21-6-11-26-51(43)65(54)49-24-9-4-19-41(49)42-20-5-10-25-50(42)65/h1-38H. The van der Waals surface area contributed by atoms with Gasteiger partial charge in [-0.2, -0.15) is 0 Å². The van der Waals surface area contributed by atoms with E-state index in [1.165, 1.54) is 71.6 Å². The minimum Gasteiger partial charge on any atom is -0.457 e. The Hall–Kier alpha value is -9.32. The fraction of sp³-hybridized carbons (Fsp3) is 0.0303. The summed E-state index contributed by atoms with van der Waals surface area (Å²) in [7, 11) is 0. The van der Waals surface area contributed by atoms with Gasteiger partial charge in [0.2, 0.25) is 0 Å². The highest BCUT2D eigenvalue weighted by Gasteiger charge is 2.56. The number of rotatable bonds is 2. The zero-order valence-corrected chi connectivity index (χ0v) is 38.1. The summed E-state index contributed by atoms with van der Waals surface area (Å²) in [5, 5.41) is 4.85. The second-order valence-electron chi connectivity index (χ2n) is 19.5. The smallest absolute Gasteiger partial charge is 0.132 e. The molecule has 1 atom stereocenters. The highest BCUT2D eigenvalue weighted by molar-refractivity contribution is 6.19. The molecule has 4 aromatic heterocycles. The van der Waals surface area contributed by atoms with Gasteiger partial charge in [0.05, 0.1) is 56.2 Å². The van der Waals surface area contributed by atoms with E-state index in [0.29, 0.717) is 0 Å². The number of nitrogens with zero attached hydrogens (tertiary/aromatic N) is 4. The average Bonchev–Trinajstić information content (AvgIpc) is 4.19. The van der Waals surface area contributed by atoms with Crippen molar-refractivity contribution in [1.29, 1.82) is 0 Å². The molecule has 0 amide bonds. The average molecular weight is 903 g/mol. The summed E-state index contributed by atoms with van der Waals surface area (Å²) in [4.78, 5) is 10.7. The maximum atomic E-state index is 7.28. The van der Waals surface area contributed by atoms with E-state index in [9.17, 15) is 0 Å². The van der Waals surface area contributed by atoms with Gasteiger partial charge in [0.15, 0.2) is 0 Å². The Balaban J connectivity index is 0.969. The van der Waals surface area contributed by atoms with Gasteiger partial charge in [-0.15, -0.1) is 0 Å². The highest BCUT2D eigenvalue weighted by atomic mass is 16.5. The number of benzene rings is 9. The summed E-state index contributed by atoms with van der Waals surface area (Å²) in [5.74, 6) is 1.68. The lowest BCUT2D eigenvalue weighted by Crippen LogP contribution is -2.33. The zero-order valence-electron chi connectivity index (χ0n) is 38.1. The minimum atomic E-state index is -0.816. The van der Waals surface area contributed by atoms with Crippen molar-refractivity contribution in [2.75, 3.05) is 0 Å². The maximum absolute atomic E-state index is 7.28. The number of hydrogen-bond donors (Lipinski definition) is 0. The van der Waals surface area contributed by atoms with Crippen molar-refractivity contribution in [3.8, 4) is 56.5 Å². The van der Waals surface area contributed by atoms with Gasteiger partial charge in [-0.05, 0) is 117 Å². The Kier molecular flexibility index (Phi) is 7.03. The largest absolute Gasteiger partial charge is 0.457 e. The second kappa shape index (κ2) is 13.3. The monoisotopic (exact) mass is 902 g/mol. The molecule has 1 unspecified atom stereocenters. The lowest BCUT2D eigenvalue weighted by molar-refractivity contribution is 0.435.